The molecule has 300 valence electrons. The van der Waals surface area contributed by atoms with E-state index in [1.54, 1.807) is 24.3 Å². The molecule has 0 fully saturated rings. The van der Waals surface area contributed by atoms with Crippen LogP contribution in [0.4, 0.5) is 56.9 Å². The Hall–Kier alpha value is -7.49. The van der Waals surface area contributed by atoms with E-state index in [0.717, 1.165) is 39.0 Å². The summed E-state index contributed by atoms with van der Waals surface area (Å²) >= 11 is 0. The molecule has 0 aliphatic carbocycles. The Labute approximate surface area is 346 Å². The summed E-state index contributed by atoms with van der Waals surface area (Å²) in [6.07, 6.45) is 0. The monoisotopic (exact) mass is 817 g/mol. The van der Waals surface area contributed by atoms with E-state index < -0.39 is 10.1 Å². The SMILES string of the molecule is Cc1cc(N=Nc2cc(O)c(N=Nc3ccc4cc(Nc5ccccc5)ccc4c3O)cc2C)c(C)cc1N=Nc1cc(C)c(N=Nc2ccccc2S(=O)(=O)O)cc1C. The van der Waals surface area contributed by atoms with E-state index in [-0.39, 0.29) is 33.5 Å². The van der Waals surface area contributed by atoms with Crippen molar-refractivity contribution in [2.24, 2.45) is 40.9 Å². The zero-order chi connectivity index (χ0) is 42.6. The molecule has 4 N–H and O–H groups in total. The molecule has 0 aliphatic heterocycles. The van der Waals surface area contributed by atoms with Gasteiger partial charge in [0.15, 0.2) is 5.75 Å². The zero-order valence-electron chi connectivity index (χ0n) is 33.2. The number of para-hydroxylation sites is 1. The van der Waals surface area contributed by atoms with Crippen LogP contribution >= 0.6 is 0 Å². The second-order valence-corrected chi connectivity index (χ2v) is 15.5. The lowest BCUT2D eigenvalue weighted by Crippen LogP contribution is -1.97. The molecule has 0 unspecified atom stereocenters. The summed E-state index contributed by atoms with van der Waals surface area (Å²) in [7, 11) is -4.46. The number of nitrogens with zero attached hydrogens (tertiary/aromatic N) is 8. The number of aromatic hydroxyl groups is 2. The predicted molar refractivity (Wildman–Crippen MR) is 233 cm³/mol. The maximum atomic E-state index is 11.7. The summed E-state index contributed by atoms with van der Waals surface area (Å²) in [5.74, 6) is -0.171. The number of rotatable bonds is 11. The van der Waals surface area contributed by atoms with Gasteiger partial charge in [-0.2, -0.15) is 34.0 Å². The third kappa shape index (κ3) is 9.28. The van der Waals surface area contributed by atoms with E-state index in [2.05, 4.69) is 46.2 Å². The van der Waals surface area contributed by atoms with Crippen molar-refractivity contribution in [1.29, 1.82) is 0 Å². The Bertz CT molecular complexity index is 3020. The maximum absolute atomic E-state index is 11.7. The minimum Gasteiger partial charge on any atom is -0.506 e. The molecule has 7 aromatic carbocycles. The van der Waals surface area contributed by atoms with Gasteiger partial charge in [-0.25, -0.2) is 0 Å². The lowest BCUT2D eigenvalue weighted by molar-refractivity contribution is 0.475. The van der Waals surface area contributed by atoms with E-state index in [1.807, 2.05) is 107 Å². The molecular formula is C45H39N9O5S. The fourth-order valence-electron chi connectivity index (χ4n) is 6.20. The van der Waals surface area contributed by atoms with Gasteiger partial charge in [0.2, 0.25) is 0 Å². The Kier molecular flexibility index (Phi) is 11.6. The van der Waals surface area contributed by atoms with Crippen molar-refractivity contribution in [1.82, 2.24) is 0 Å². The van der Waals surface area contributed by atoms with Crippen LogP contribution in [0, 0.1) is 34.6 Å². The highest BCUT2D eigenvalue weighted by Crippen LogP contribution is 2.40. The average molecular weight is 818 g/mol. The molecule has 14 nitrogen and oxygen atoms in total. The molecular weight excluding hydrogens is 779 g/mol. The first-order valence-corrected chi connectivity index (χ1v) is 20.0. The summed E-state index contributed by atoms with van der Waals surface area (Å²) in [5.41, 5.74) is 8.96. The highest BCUT2D eigenvalue weighted by molar-refractivity contribution is 7.86. The number of anilines is 2. The van der Waals surface area contributed by atoms with Crippen LogP contribution in [0.2, 0.25) is 0 Å². The first-order valence-electron chi connectivity index (χ1n) is 18.6. The zero-order valence-corrected chi connectivity index (χ0v) is 34.0. The third-order valence-electron chi connectivity index (χ3n) is 9.56. The third-order valence-corrected chi connectivity index (χ3v) is 10.5. The van der Waals surface area contributed by atoms with E-state index in [9.17, 15) is 23.2 Å². The molecule has 0 aromatic heterocycles. The number of nitrogens with one attached hydrogen (secondary N) is 1. The fraction of sp³-hybridized carbons (Fsp3) is 0.111. The quantitative estimate of drug-likeness (QED) is 0.0737. The van der Waals surface area contributed by atoms with Gasteiger partial charge in [-0.1, -0.05) is 36.4 Å². The molecule has 0 saturated heterocycles. The van der Waals surface area contributed by atoms with E-state index in [0.29, 0.717) is 39.4 Å². The number of benzene rings is 7. The maximum Gasteiger partial charge on any atom is 0.296 e. The molecule has 0 bridgehead atoms. The summed E-state index contributed by atoms with van der Waals surface area (Å²) in [4.78, 5) is -0.331. The van der Waals surface area contributed by atoms with Crippen molar-refractivity contribution >= 4 is 77.8 Å². The minimum atomic E-state index is -4.46. The molecule has 0 aliphatic rings. The standard InChI is InChI=1S/C45H39N9O5S/c1-26-20-38(27(2)19-37(26)49-47-35-13-9-10-14-44(35)60(57,58)59)50-51-39-21-29(4)40(22-28(39)3)52-53-41-25-43(55)42(23-30(41)5)54-48-36-18-15-31-24-33(16-17-34(31)45(36)56)46-32-11-7-6-8-12-32/h6-25,46,55-56H,1-5H3,(H,57,58,59). The van der Waals surface area contributed by atoms with Gasteiger partial charge in [-0.05, 0) is 147 Å². The second kappa shape index (κ2) is 17.2. The summed E-state index contributed by atoms with van der Waals surface area (Å²) in [6, 6.07) is 35.2. The lowest BCUT2D eigenvalue weighted by Gasteiger charge is -2.09. The molecule has 0 saturated carbocycles. The molecule has 0 radical (unpaired) electrons. The minimum absolute atomic E-state index is 0.0201. The van der Waals surface area contributed by atoms with Crippen LogP contribution in [-0.2, 0) is 10.1 Å². The lowest BCUT2D eigenvalue weighted by atomic mass is 10.1. The normalized spacial score (nSPS) is 12.2. The number of aryl methyl sites for hydroxylation is 5. The summed E-state index contributed by atoms with van der Waals surface area (Å²) < 4.78 is 33.0. The molecule has 0 heterocycles. The number of phenols is 2. The van der Waals surface area contributed by atoms with E-state index in [4.69, 9.17) is 0 Å². The number of fused-ring (bicyclic) bond motifs is 1. The van der Waals surface area contributed by atoms with Crippen molar-refractivity contribution in [3.8, 4) is 11.5 Å². The first kappa shape index (κ1) is 40.7. The second-order valence-electron chi connectivity index (χ2n) is 14.1. The first-order chi connectivity index (χ1) is 28.7. The van der Waals surface area contributed by atoms with E-state index >= 15 is 0 Å². The van der Waals surface area contributed by atoms with Gasteiger partial charge in [-0.15, -0.1) is 15.3 Å². The largest absolute Gasteiger partial charge is 0.506 e. The van der Waals surface area contributed by atoms with Crippen LogP contribution in [0.5, 0.6) is 11.5 Å². The van der Waals surface area contributed by atoms with Crippen LogP contribution in [-0.4, -0.2) is 23.2 Å². The number of phenolic OH excluding ortho intramolecular Hbond substituents is 2. The predicted octanol–water partition coefficient (Wildman–Crippen LogP) is 14.4. The number of azo groups is 4. The molecule has 60 heavy (non-hydrogen) atoms. The van der Waals surface area contributed by atoms with Crippen molar-refractivity contribution in [2.45, 2.75) is 39.5 Å². The van der Waals surface area contributed by atoms with Crippen molar-refractivity contribution in [3.05, 3.63) is 149 Å². The number of hydrogen-bond acceptors (Lipinski definition) is 13. The van der Waals surface area contributed by atoms with Gasteiger partial charge in [0, 0.05) is 22.8 Å². The van der Waals surface area contributed by atoms with Crippen LogP contribution in [0.15, 0.2) is 167 Å². The van der Waals surface area contributed by atoms with Crippen LogP contribution < -0.4 is 5.32 Å². The average Bonchev–Trinajstić information content (AvgIpc) is 3.22. The Morgan fingerprint density at radius 2 is 0.883 bits per heavy atom. The van der Waals surface area contributed by atoms with Gasteiger partial charge in [0.05, 0.1) is 28.4 Å². The van der Waals surface area contributed by atoms with Crippen molar-refractivity contribution < 1.29 is 23.2 Å². The van der Waals surface area contributed by atoms with Crippen molar-refractivity contribution in [3.63, 3.8) is 0 Å². The van der Waals surface area contributed by atoms with Crippen LogP contribution in [0.1, 0.15) is 27.8 Å². The highest BCUT2D eigenvalue weighted by Gasteiger charge is 2.15. The Balaban J connectivity index is 1.03. The van der Waals surface area contributed by atoms with Gasteiger partial charge < -0.3 is 15.5 Å². The fourth-order valence-corrected chi connectivity index (χ4v) is 6.82. The molecule has 0 atom stereocenters. The van der Waals surface area contributed by atoms with Gasteiger partial charge in [0.25, 0.3) is 10.1 Å². The van der Waals surface area contributed by atoms with Gasteiger partial charge >= 0.3 is 0 Å². The van der Waals surface area contributed by atoms with E-state index in [1.165, 1.54) is 24.3 Å². The molecule has 0 spiro atoms. The van der Waals surface area contributed by atoms with Crippen LogP contribution in [0.3, 0.4) is 0 Å². The van der Waals surface area contributed by atoms with Crippen LogP contribution in [0.25, 0.3) is 10.8 Å². The Morgan fingerprint density at radius 1 is 0.433 bits per heavy atom. The van der Waals surface area contributed by atoms with Crippen molar-refractivity contribution in [2.75, 3.05) is 5.32 Å². The molecule has 0 amide bonds. The van der Waals surface area contributed by atoms with Gasteiger partial charge in [-0.3, -0.25) is 4.55 Å². The molecule has 7 aromatic rings. The summed E-state index contributed by atoms with van der Waals surface area (Å²) in [5, 5.41) is 61.3. The molecule has 15 heteroatoms. The smallest absolute Gasteiger partial charge is 0.296 e. The highest BCUT2D eigenvalue weighted by atomic mass is 32.2. The van der Waals surface area contributed by atoms with Gasteiger partial charge in [0.1, 0.15) is 27.7 Å². The number of hydrogen-bond donors (Lipinski definition) is 4. The Morgan fingerprint density at radius 3 is 1.43 bits per heavy atom. The molecule has 7 rings (SSSR count). The summed E-state index contributed by atoms with van der Waals surface area (Å²) in [6.45, 7) is 9.28. The topological polar surface area (TPSA) is 206 Å².